The maximum absolute atomic E-state index is 12.6. The molecule has 1 atom stereocenters. The summed E-state index contributed by atoms with van der Waals surface area (Å²) in [4.78, 5) is 33.4. The molecule has 2 aromatic rings. The summed E-state index contributed by atoms with van der Waals surface area (Å²) in [5.74, 6) is -0.0729. The second-order valence-electron chi connectivity index (χ2n) is 5.99. The number of amides is 1. The molecule has 0 aliphatic carbocycles. The number of nitrogens with one attached hydrogen (secondary N) is 1. The van der Waals surface area contributed by atoms with Crippen LogP contribution in [0.5, 0.6) is 0 Å². The molecule has 0 aliphatic rings. The number of rotatable bonds is 6. The third kappa shape index (κ3) is 4.81. The van der Waals surface area contributed by atoms with Crippen LogP contribution in [0.25, 0.3) is 0 Å². The van der Waals surface area contributed by atoms with E-state index in [0.29, 0.717) is 32.9 Å². The summed E-state index contributed by atoms with van der Waals surface area (Å²) in [6.45, 7) is 3.69. The molecule has 1 unspecified atom stereocenters. The molecular weight excluding hydrogens is 393 g/mol. The standard InChI is InChI=1S/C18H21Cl2N3O2S/c1-10-13(17(25)22-18(21-10)26-4)7-8-16(24)23(3)11(2)14-6-5-12(19)9-15(14)20/h5-6,9,11H,7-8H2,1-4H3,(H,21,22,25). The molecule has 0 saturated carbocycles. The van der Waals surface area contributed by atoms with Crippen molar-refractivity contribution in [2.45, 2.75) is 37.9 Å². The van der Waals surface area contributed by atoms with Crippen LogP contribution in [-0.4, -0.2) is 34.1 Å². The van der Waals surface area contributed by atoms with Crippen LogP contribution in [0.2, 0.25) is 10.0 Å². The lowest BCUT2D eigenvalue weighted by molar-refractivity contribution is -0.131. The molecule has 0 fully saturated rings. The summed E-state index contributed by atoms with van der Waals surface area (Å²) in [6.07, 6.45) is 2.41. The fourth-order valence-corrected chi connectivity index (χ4v) is 3.64. The number of hydrogen-bond acceptors (Lipinski definition) is 4. The number of halogens is 2. The van der Waals surface area contributed by atoms with E-state index in [1.165, 1.54) is 11.8 Å². The zero-order valence-corrected chi connectivity index (χ0v) is 17.4. The van der Waals surface area contributed by atoms with Gasteiger partial charge in [-0.25, -0.2) is 4.98 Å². The van der Waals surface area contributed by atoms with Crippen LogP contribution in [-0.2, 0) is 11.2 Å². The van der Waals surface area contributed by atoms with Gasteiger partial charge in [0.05, 0.1) is 6.04 Å². The van der Waals surface area contributed by atoms with Gasteiger partial charge in [0.1, 0.15) is 0 Å². The number of H-pyrrole nitrogens is 1. The first-order valence-corrected chi connectivity index (χ1v) is 10.1. The molecule has 0 aliphatic heterocycles. The predicted molar refractivity (Wildman–Crippen MR) is 107 cm³/mol. The van der Waals surface area contributed by atoms with Gasteiger partial charge in [0.2, 0.25) is 5.91 Å². The smallest absolute Gasteiger partial charge is 0.254 e. The first-order chi connectivity index (χ1) is 12.2. The monoisotopic (exact) mass is 413 g/mol. The number of thioether (sulfide) groups is 1. The molecule has 0 bridgehead atoms. The minimum atomic E-state index is -0.205. The van der Waals surface area contributed by atoms with Crippen LogP contribution >= 0.6 is 35.0 Å². The number of carbonyl (C=O) groups excluding carboxylic acids is 1. The maximum Gasteiger partial charge on any atom is 0.254 e. The van der Waals surface area contributed by atoms with E-state index in [-0.39, 0.29) is 23.9 Å². The van der Waals surface area contributed by atoms with Gasteiger partial charge < -0.3 is 9.88 Å². The molecule has 1 heterocycles. The first kappa shape index (κ1) is 20.8. The number of benzene rings is 1. The van der Waals surface area contributed by atoms with Crippen molar-refractivity contribution in [1.29, 1.82) is 0 Å². The Balaban J connectivity index is 2.09. The highest BCUT2D eigenvalue weighted by atomic mass is 35.5. The quantitative estimate of drug-likeness (QED) is 0.567. The van der Waals surface area contributed by atoms with Gasteiger partial charge in [-0.3, -0.25) is 9.59 Å². The Morgan fingerprint density at radius 3 is 2.65 bits per heavy atom. The van der Waals surface area contributed by atoms with Crippen LogP contribution in [0.15, 0.2) is 28.2 Å². The lowest BCUT2D eigenvalue weighted by atomic mass is 10.1. The zero-order valence-electron chi connectivity index (χ0n) is 15.1. The highest BCUT2D eigenvalue weighted by molar-refractivity contribution is 7.98. The lowest BCUT2D eigenvalue weighted by Crippen LogP contribution is -2.30. The van der Waals surface area contributed by atoms with E-state index in [4.69, 9.17) is 23.2 Å². The van der Waals surface area contributed by atoms with Gasteiger partial charge in [-0.2, -0.15) is 0 Å². The molecule has 1 N–H and O–H groups in total. The molecule has 1 aromatic heterocycles. The lowest BCUT2D eigenvalue weighted by Gasteiger charge is -2.26. The number of carbonyl (C=O) groups is 1. The van der Waals surface area contributed by atoms with E-state index in [2.05, 4.69) is 9.97 Å². The topological polar surface area (TPSA) is 66.1 Å². The second kappa shape index (κ2) is 8.93. The summed E-state index contributed by atoms with van der Waals surface area (Å²) >= 11 is 13.5. The average molecular weight is 414 g/mol. The predicted octanol–water partition coefficient (Wildman–Crippen LogP) is 4.26. The van der Waals surface area contributed by atoms with Crippen molar-refractivity contribution in [2.24, 2.45) is 0 Å². The molecule has 2 rings (SSSR count). The maximum atomic E-state index is 12.6. The van der Waals surface area contributed by atoms with Crippen LogP contribution < -0.4 is 5.56 Å². The van der Waals surface area contributed by atoms with Gasteiger partial charge in [-0.05, 0) is 44.2 Å². The zero-order chi connectivity index (χ0) is 19.4. The first-order valence-electron chi connectivity index (χ1n) is 8.09. The second-order valence-corrected chi connectivity index (χ2v) is 7.62. The number of nitrogens with zero attached hydrogens (tertiary/aromatic N) is 2. The number of aromatic amines is 1. The Kier molecular flexibility index (Phi) is 7.15. The molecule has 5 nitrogen and oxygen atoms in total. The fourth-order valence-electron chi connectivity index (χ4n) is 2.65. The molecule has 8 heteroatoms. The molecule has 0 radical (unpaired) electrons. The third-order valence-corrected chi connectivity index (χ3v) is 5.51. The summed E-state index contributed by atoms with van der Waals surface area (Å²) in [7, 11) is 1.73. The van der Waals surface area contributed by atoms with Gasteiger partial charge in [0.25, 0.3) is 5.56 Å². The van der Waals surface area contributed by atoms with Gasteiger partial charge in [0, 0.05) is 34.8 Å². The Morgan fingerprint density at radius 1 is 1.38 bits per heavy atom. The van der Waals surface area contributed by atoms with E-state index < -0.39 is 0 Å². The highest BCUT2D eigenvalue weighted by Gasteiger charge is 2.20. The normalized spacial score (nSPS) is 12.1. The summed E-state index contributed by atoms with van der Waals surface area (Å²) < 4.78 is 0. The highest BCUT2D eigenvalue weighted by Crippen LogP contribution is 2.29. The fraction of sp³-hybridized carbons (Fsp3) is 0.389. The van der Waals surface area contributed by atoms with Crippen LogP contribution in [0, 0.1) is 6.92 Å². The Hall–Kier alpha value is -1.50. The van der Waals surface area contributed by atoms with Crippen molar-refractivity contribution in [1.82, 2.24) is 14.9 Å². The van der Waals surface area contributed by atoms with Crippen molar-refractivity contribution in [2.75, 3.05) is 13.3 Å². The molecule has 0 spiro atoms. The molecule has 26 heavy (non-hydrogen) atoms. The number of aryl methyl sites for hydroxylation is 1. The van der Waals surface area contributed by atoms with E-state index >= 15 is 0 Å². The van der Waals surface area contributed by atoms with Crippen molar-refractivity contribution in [3.63, 3.8) is 0 Å². The van der Waals surface area contributed by atoms with Gasteiger partial charge >= 0.3 is 0 Å². The summed E-state index contributed by atoms with van der Waals surface area (Å²) in [5, 5.41) is 1.65. The summed E-state index contributed by atoms with van der Waals surface area (Å²) in [5.41, 5.74) is 1.84. The van der Waals surface area contributed by atoms with Gasteiger partial charge in [-0.1, -0.05) is 41.0 Å². The van der Waals surface area contributed by atoms with E-state index in [0.717, 1.165) is 5.56 Å². The SMILES string of the molecule is CSc1nc(C)c(CCC(=O)N(C)C(C)c2ccc(Cl)cc2Cl)c(=O)[nH]1. The van der Waals surface area contributed by atoms with E-state index in [1.54, 1.807) is 31.0 Å². The molecule has 140 valence electrons. The average Bonchev–Trinajstić information content (AvgIpc) is 2.59. The van der Waals surface area contributed by atoms with Gasteiger partial charge in [0.15, 0.2) is 5.16 Å². The minimum Gasteiger partial charge on any atom is -0.339 e. The summed E-state index contributed by atoms with van der Waals surface area (Å²) in [6, 6.07) is 5.02. The van der Waals surface area contributed by atoms with Crippen molar-refractivity contribution < 1.29 is 4.79 Å². The van der Waals surface area contributed by atoms with Crippen molar-refractivity contribution in [3.05, 3.63) is 55.4 Å². The molecular formula is C18H21Cl2N3O2S. The van der Waals surface area contributed by atoms with Crippen LogP contribution in [0.1, 0.15) is 36.2 Å². The largest absolute Gasteiger partial charge is 0.339 e. The van der Waals surface area contributed by atoms with Crippen LogP contribution in [0.4, 0.5) is 0 Å². The van der Waals surface area contributed by atoms with E-state index in [9.17, 15) is 9.59 Å². The third-order valence-electron chi connectivity index (χ3n) is 4.37. The van der Waals surface area contributed by atoms with E-state index in [1.807, 2.05) is 19.2 Å². The van der Waals surface area contributed by atoms with Crippen molar-refractivity contribution >= 4 is 40.9 Å². The Labute approximate surface area is 167 Å². The Bertz CT molecular complexity index is 870. The molecule has 0 saturated heterocycles. The van der Waals surface area contributed by atoms with Gasteiger partial charge in [-0.15, -0.1) is 0 Å². The van der Waals surface area contributed by atoms with Crippen LogP contribution in [0.3, 0.4) is 0 Å². The minimum absolute atomic E-state index is 0.0729. The number of aromatic nitrogens is 2. The molecule has 1 aromatic carbocycles. The number of hydrogen-bond donors (Lipinski definition) is 1. The van der Waals surface area contributed by atoms with Crippen molar-refractivity contribution in [3.8, 4) is 0 Å². The Morgan fingerprint density at radius 2 is 2.08 bits per heavy atom. The molecule has 1 amide bonds.